The Labute approximate surface area is 213 Å². The SMILES string of the molecule is C[C@H](NC(=O)c1ccccc1Cn1cc(-c2ccc3cnccc3c2)nn1)c1cccc2cnccc12. The van der Waals surface area contributed by atoms with E-state index in [0.29, 0.717) is 12.1 Å². The van der Waals surface area contributed by atoms with E-state index in [2.05, 4.69) is 31.7 Å². The molecule has 1 atom stereocenters. The maximum Gasteiger partial charge on any atom is 0.252 e. The molecule has 1 N–H and O–H groups in total. The minimum absolute atomic E-state index is 0.127. The van der Waals surface area contributed by atoms with Crippen LogP contribution >= 0.6 is 0 Å². The van der Waals surface area contributed by atoms with Crippen LogP contribution in [0.2, 0.25) is 0 Å². The number of hydrogen-bond donors (Lipinski definition) is 1. The van der Waals surface area contributed by atoms with Gasteiger partial charge in [0, 0.05) is 46.7 Å². The van der Waals surface area contributed by atoms with E-state index in [9.17, 15) is 4.79 Å². The number of benzene rings is 3. The van der Waals surface area contributed by atoms with Gasteiger partial charge < -0.3 is 5.32 Å². The third kappa shape index (κ3) is 4.54. The molecule has 7 heteroatoms. The van der Waals surface area contributed by atoms with Crippen molar-refractivity contribution in [1.29, 1.82) is 0 Å². The fourth-order valence-electron chi connectivity index (χ4n) is 4.68. The first-order chi connectivity index (χ1) is 18.2. The quantitative estimate of drug-likeness (QED) is 0.334. The molecule has 0 saturated heterocycles. The zero-order chi connectivity index (χ0) is 25.2. The van der Waals surface area contributed by atoms with Crippen LogP contribution in [-0.4, -0.2) is 30.9 Å². The Morgan fingerprint density at radius 3 is 2.65 bits per heavy atom. The molecule has 1 amide bonds. The van der Waals surface area contributed by atoms with Gasteiger partial charge in [-0.2, -0.15) is 0 Å². The Balaban J connectivity index is 1.22. The number of hydrogen-bond acceptors (Lipinski definition) is 5. The van der Waals surface area contributed by atoms with Gasteiger partial charge in [0.05, 0.1) is 18.8 Å². The lowest BCUT2D eigenvalue weighted by molar-refractivity contribution is 0.0939. The fourth-order valence-corrected chi connectivity index (χ4v) is 4.68. The number of pyridine rings is 2. The highest BCUT2D eigenvalue weighted by atomic mass is 16.1. The van der Waals surface area contributed by atoms with Crippen molar-refractivity contribution >= 4 is 27.5 Å². The number of carbonyl (C=O) groups excluding carboxylic acids is 1. The first-order valence-corrected chi connectivity index (χ1v) is 12.1. The van der Waals surface area contributed by atoms with Crippen LogP contribution in [0.4, 0.5) is 0 Å². The lowest BCUT2D eigenvalue weighted by atomic mass is 10.00. The van der Waals surface area contributed by atoms with Crippen molar-refractivity contribution in [3.05, 3.63) is 120 Å². The van der Waals surface area contributed by atoms with Crippen LogP contribution < -0.4 is 5.32 Å². The first-order valence-electron chi connectivity index (χ1n) is 12.1. The molecule has 3 aromatic heterocycles. The number of aromatic nitrogens is 5. The lowest BCUT2D eigenvalue weighted by Crippen LogP contribution is -2.28. The van der Waals surface area contributed by atoms with E-state index in [1.54, 1.807) is 17.1 Å². The number of carbonyl (C=O) groups is 1. The molecule has 0 aliphatic carbocycles. The van der Waals surface area contributed by atoms with Gasteiger partial charge in [0.2, 0.25) is 0 Å². The summed E-state index contributed by atoms with van der Waals surface area (Å²) in [7, 11) is 0. The van der Waals surface area contributed by atoms with Crippen LogP contribution in [0.15, 0.2) is 104 Å². The molecule has 3 aromatic carbocycles. The van der Waals surface area contributed by atoms with Crippen molar-refractivity contribution in [1.82, 2.24) is 30.3 Å². The van der Waals surface area contributed by atoms with Gasteiger partial charge in [-0.3, -0.25) is 14.8 Å². The smallest absolute Gasteiger partial charge is 0.252 e. The standard InChI is InChI=1S/C30H24N6O/c1-20(26-8-4-6-24-17-32-14-12-27(24)26)33-30(37)28-7-3-2-5-25(28)18-36-19-29(34-35-36)22-9-10-23-16-31-13-11-21(23)15-22/h2-17,19-20H,18H2,1H3,(H,33,37)/t20-/m0/s1. The maximum atomic E-state index is 13.4. The van der Waals surface area contributed by atoms with Crippen LogP contribution in [-0.2, 0) is 6.54 Å². The van der Waals surface area contributed by atoms with E-state index in [1.165, 1.54) is 0 Å². The van der Waals surface area contributed by atoms with Crippen LogP contribution in [0.3, 0.4) is 0 Å². The molecule has 180 valence electrons. The van der Waals surface area contributed by atoms with Gasteiger partial charge in [-0.15, -0.1) is 5.10 Å². The Hall–Kier alpha value is -4.91. The molecule has 7 nitrogen and oxygen atoms in total. The van der Waals surface area contributed by atoms with Gasteiger partial charge in [0.25, 0.3) is 5.91 Å². The van der Waals surface area contributed by atoms with E-state index in [1.807, 2.05) is 92.2 Å². The van der Waals surface area contributed by atoms with Gasteiger partial charge in [0.1, 0.15) is 5.69 Å². The van der Waals surface area contributed by atoms with Crippen LogP contribution in [0.1, 0.15) is 34.5 Å². The van der Waals surface area contributed by atoms with E-state index in [-0.39, 0.29) is 11.9 Å². The van der Waals surface area contributed by atoms with Crippen molar-refractivity contribution < 1.29 is 4.79 Å². The second-order valence-corrected chi connectivity index (χ2v) is 9.04. The number of nitrogens with one attached hydrogen (secondary N) is 1. The molecule has 0 spiro atoms. The predicted octanol–water partition coefficient (Wildman–Crippen LogP) is 5.58. The molecule has 6 rings (SSSR count). The molecule has 0 bridgehead atoms. The third-order valence-electron chi connectivity index (χ3n) is 6.60. The second kappa shape index (κ2) is 9.62. The van der Waals surface area contributed by atoms with Gasteiger partial charge >= 0.3 is 0 Å². The molecule has 0 unspecified atom stereocenters. The molecular weight excluding hydrogens is 460 g/mol. The van der Waals surface area contributed by atoms with Crippen LogP contribution in [0.25, 0.3) is 32.8 Å². The molecule has 0 radical (unpaired) electrons. The molecular formula is C30H24N6O. The summed E-state index contributed by atoms with van der Waals surface area (Å²) < 4.78 is 1.76. The van der Waals surface area contributed by atoms with Gasteiger partial charge in [-0.05, 0) is 53.1 Å². The monoisotopic (exact) mass is 484 g/mol. The van der Waals surface area contributed by atoms with Crippen molar-refractivity contribution in [2.45, 2.75) is 19.5 Å². The van der Waals surface area contributed by atoms with Crippen molar-refractivity contribution in [3.8, 4) is 11.3 Å². The summed E-state index contributed by atoms with van der Waals surface area (Å²) in [5.74, 6) is -0.127. The zero-order valence-electron chi connectivity index (χ0n) is 20.2. The molecule has 0 fully saturated rings. The third-order valence-corrected chi connectivity index (χ3v) is 6.60. The number of nitrogens with zero attached hydrogens (tertiary/aromatic N) is 5. The van der Waals surface area contributed by atoms with Crippen LogP contribution in [0.5, 0.6) is 0 Å². The van der Waals surface area contributed by atoms with Gasteiger partial charge in [-0.1, -0.05) is 53.7 Å². The summed E-state index contributed by atoms with van der Waals surface area (Å²) in [5, 5.41) is 16.2. The van der Waals surface area contributed by atoms with E-state index in [4.69, 9.17) is 0 Å². The average Bonchev–Trinajstić information content (AvgIpc) is 3.41. The van der Waals surface area contributed by atoms with Gasteiger partial charge in [-0.25, -0.2) is 4.68 Å². The summed E-state index contributed by atoms with van der Waals surface area (Å²) in [5.41, 5.74) is 4.30. The van der Waals surface area contributed by atoms with Crippen molar-refractivity contribution in [2.75, 3.05) is 0 Å². The second-order valence-electron chi connectivity index (χ2n) is 9.04. The molecule has 0 aliphatic heterocycles. The Morgan fingerprint density at radius 1 is 0.892 bits per heavy atom. The topological polar surface area (TPSA) is 85.6 Å². The molecule has 0 aliphatic rings. The molecule has 0 saturated carbocycles. The molecule has 3 heterocycles. The van der Waals surface area contributed by atoms with Crippen molar-refractivity contribution in [3.63, 3.8) is 0 Å². The number of amides is 1. The maximum absolute atomic E-state index is 13.4. The minimum Gasteiger partial charge on any atom is -0.345 e. The first kappa shape index (κ1) is 22.5. The highest BCUT2D eigenvalue weighted by Crippen LogP contribution is 2.25. The fraction of sp³-hybridized carbons (Fsp3) is 0.100. The average molecular weight is 485 g/mol. The zero-order valence-corrected chi connectivity index (χ0v) is 20.2. The van der Waals surface area contributed by atoms with Crippen LogP contribution in [0, 0.1) is 0 Å². The molecule has 37 heavy (non-hydrogen) atoms. The highest BCUT2D eigenvalue weighted by Gasteiger charge is 2.17. The summed E-state index contributed by atoms with van der Waals surface area (Å²) in [4.78, 5) is 21.7. The van der Waals surface area contributed by atoms with Crippen molar-refractivity contribution in [2.24, 2.45) is 0 Å². The minimum atomic E-state index is -0.173. The summed E-state index contributed by atoms with van der Waals surface area (Å²) in [6.07, 6.45) is 9.14. The van der Waals surface area contributed by atoms with E-state index >= 15 is 0 Å². The van der Waals surface area contributed by atoms with Gasteiger partial charge in [0.15, 0.2) is 0 Å². The van der Waals surface area contributed by atoms with E-state index in [0.717, 1.165) is 43.9 Å². The highest BCUT2D eigenvalue weighted by molar-refractivity contribution is 5.96. The normalized spacial score (nSPS) is 12.0. The molecule has 6 aromatic rings. The summed E-state index contributed by atoms with van der Waals surface area (Å²) in [6.45, 7) is 2.43. The Kier molecular flexibility index (Phi) is 5.86. The summed E-state index contributed by atoms with van der Waals surface area (Å²) in [6, 6.07) is 23.6. The van der Waals surface area contributed by atoms with E-state index < -0.39 is 0 Å². The Morgan fingerprint density at radius 2 is 1.73 bits per heavy atom. The summed E-state index contributed by atoms with van der Waals surface area (Å²) >= 11 is 0. The predicted molar refractivity (Wildman–Crippen MR) is 144 cm³/mol. The largest absolute Gasteiger partial charge is 0.345 e. The Bertz CT molecular complexity index is 1740. The number of fused-ring (bicyclic) bond motifs is 2. The number of rotatable bonds is 6. The lowest BCUT2D eigenvalue weighted by Gasteiger charge is -2.18.